The van der Waals surface area contributed by atoms with Gasteiger partial charge >= 0.3 is 0 Å². The van der Waals surface area contributed by atoms with Crippen molar-refractivity contribution < 1.29 is 0 Å². The van der Waals surface area contributed by atoms with Crippen molar-refractivity contribution in [2.45, 2.75) is 47.0 Å². The molecular formula is C17H23N. The Bertz CT molecular complexity index is 496. The van der Waals surface area contributed by atoms with Crippen LogP contribution < -0.4 is 0 Å². The van der Waals surface area contributed by atoms with Gasteiger partial charge in [-0.2, -0.15) is 0 Å². The lowest BCUT2D eigenvalue weighted by Gasteiger charge is -2.26. The van der Waals surface area contributed by atoms with Gasteiger partial charge in [0.05, 0.1) is 0 Å². The summed E-state index contributed by atoms with van der Waals surface area (Å²) in [4.78, 5) is 4.33. The van der Waals surface area contributed by atoms with Crippen LogP contribution in [0.2, 0.25) is 0 Å². The molecule has 1 aromatic heterocycles. The van der Waals surface area contributed by atoms with Crippen LogP contribution in [0.15, 0.2) is 36.1 Å². The van der Waals surface area contributed by atoms with Gasteiger partial charge in [0, 0.05) is 11.9 Å². The minimum Gasteiger partial charge on any atom is -0.261 e. The summed E-state index contributed by atoms with van der Waals surface area (Å²) in [6.07, 6.45) is 12.5. The first kappa shape index (κ1) is 13.1. The van der Waals surface area contributed by atoms with Crippen LogP contribution in [0.3, 0.4) is 0 Å². The van der Waals surface area contributed by atoms with E-state index >= 15 is 0 Å². The Morgan fingerprint density at radius 2 is 2.11 bits per heavy atom. The lowest BCUT2D eigenvalue weighted by atomic mass is 9.79. The first-order chi connectivity index (χ1) is 8.52. The predicted molar refractivity (Wildman–Crippen MR) is 77.7 cm³/mol. The summed E-state index contributed by atoms with van der Waals surface area (Å²) in [7, 11) is 0. The van der Waals surface area contributed by atoms with Gasteiger partial charge in [-0.15, -0.1) is 0 Å². The molecular weight excluding hydrogens is 218 g/mol. The third kappa shape index (κ3) is 2.90. The van der Waals surface area contributed by atoms with Crippen LogP contribution in [0.1, 0.15) is 43.5 Å². The number of allylic oxidation sites excluding steroid dienone is 4. The molecule has 96 valence electrons. The lowest BCUT2D eigenvalue weighted by Crippen LogP contribution is -2.13. The predicted octanol–water partition coefficient (Wildman–Crippen LogP) is 4.54. The van der Waals surface area contributed by atoms with Gasteiger partial charge in [0.15, 0.2) is 0 Å². The third-order valence-corrected chi connectivity index (χ3v) is 4.08. The number of hydrogen-bond donors (Lipinski definition) is 0. The molecule has 2 rings (SSSR count). The van der Waals surface area contributed by atoms with Crippen molar-refractivity contribution in [3.05, 3.63) is 52.9 Å². The zero-order chi connectivity index (χ0) is 13.2. The molecule has 1 aliphatic rings. The van der Waals surface area contributed by atoms with E-state index in [9.17, 15) is 0 Å². The molecule has 0 aromatic carbocycles. The van der Waals surface area contributed by atoms with Gasteiger partial charge in [-0.25, -0.2) is 0 Å². The summed E-state index contributed by atoms with van der Waals surface area (Å²) in [6.45, 7) is 8.80. The Morgan fingerprint density at radius 1 is 1.33 bits per heavy atom. The molecule has 0 N–H and O–H groups in total. The van der Waals surface area contributed by atoms with Crippen molar-refractivity contribution in [2.75, 3.05) is 0 Å². The van der Waals surface area contributed by atoms with Crippen LogP contribution in [-0.2, 0) is 6.42 Å². The summed E-state index contributed by atoms with van der Waals surface area (Å²) in [6, 6.07) is 2.21. The van der Waals surface area contributed by atoms with Gasteiger partial charge in [0.2, 0.25) is 0 Å². The molecule has 1 unspecified atom stereocenters. The van der Waals surface area contributed by atoms with E-state index in [-0.39, 0.29) is 0 Å². The van der Waals surface area contributed by atoms with Gasteiger partial charge in [-0.05, 0) is 61.3 Å². The molecule has 0 amide bonds. The Balaban J connectivity index is 2.12. The molecule has 1 heteroatoms. The fourth-order valence-electron chi connectivity index (χ4n) is 2.30. The van der Waals surface area contributed by atoms with Gasteiger partial charge in [0.25, 0.3) is 0 Å². The summed E-state index contributed by atoms with van der Waals surface area (Å²) in [5.41, 5.74) is 5.61. The number of hydrogen-bond acceptors (Lipinski definition) is 1. The Kier molecular flexibility index (Phi) is 3.70. The van der Waals surface area contributed by atoms with Crippen molar-refractivity contribution >= 4 is 0 Å². The highest BCUT2D eigenvalue weighted by atomic mass is 14.7. The fraction of sp³-hybridized carbons (Fsp3) is 0.471. The van der Waals surface area contributed by atoms with Crippen molar-refractivity contribution in [3.63, 3.8) is 0 Å². The first-order valence-corrected chi connectivity index (χ1v) is 6.83. The van der Waals surface area contributed by atoms with Crippen molar-refractivity contribution in [3.8, 4) is 0 Å². The molecule has 1 nitrogen and oxygen atoms in total. The summed E-state index contributed by atoms with van der Waals surface area (Å²) in [5.74, 6) is 0. The van der Waals surface area contributed by atoms with Gasteiger partial charge in [0.1, 0.15) is 0 Å². The molecule has 1 aromatic rings. The van der Waals surface area contributed by atoms with Crippen LogP contribution in [0, 0.1) is 19.3 Å². The highest BCUT2D eigenvalue weighted by Crippen LogP contribution is 2.33. The number of aryl methyl sites for hydroxylation is 2. The molecule has 1 aliphatic carbocycles. The number of rotatable bonds is 3. The smallest absolute Gasteiger partial charge is 0.0375 e. The van der Waals surface area contributed by atoms with Crippen molar-refractivity contribution in [1.29, 1.82) is 0 Å². The summed E-state index contributed by atoms with van der Waals surface area (Å²) >= 11 is 0. The molecule has 0 spiro atoms. The molecule has 1 atom stereocenters. The molecule has 0 radical (unpaired) electrons. The largest absolute Gasteiger partial charge is 0.261 e. The van der Waals surface area contributed by atoms with Gasteiger partial charge in [-0.3, -0.25) is 4.98 Å². The monoisotopic (exact) mass is 241 g/mol. The second-order valence-electron chi connectivity index (χ2n) is 5.75. The quantitative estimate of drug-likeness (QED) is 0.757. The van der Waals surface area contributed by atoms with Crippen molar-refractivity contribution in [1.82, 2.24) is 4.98 Å². The Morgan fingerprint density at radius 3 is 2.72 bits per heavy atom. The number of aromatic nitrogens is 1. The van der Waals surface area contributed by atoms with E-state index in [1.54, 1.807) is 0 Å². The molecule has 0 fully saturated rings. The second-order valence-corrected chi connectivity index (χ2v) is 5.75. The molecule has 1 heterocycles. The maximum atomic E-state index is 4.33. The van der Waals surface area contributed by atoms with E-state index in [1.165, 1.54) is 29.5 Å². The maximum Gasteiger partial charge on any atom is 0.0375 e. The SMILES string of the molecule is CCC1(C)C=CC(Cc2cc(C)ncc2C)=CC1. The minimum atomic E-state index is 0.368. The first-order valence-electron chi connectivity index (χ1n) is 6.83. The van der Waals surface area contributed by atoms with E-state index in [2.05, 4.69) is 57.0 Å². The fourth-order valence-corrected chi connectivity index (χ4v) is 2.30. The molecule has 0 saturated heterocycles. The van der Waals surface area contributed by atoms with Gasteiger partial charge < -0.3 is 0 Å². The number of nitrogens with zero attached hydrogens (tertiary/aromatic N) is 1. The second kappa shape index (κ2) is 5.09. The standard InChI is InChI=1S/C17H23N/c1-5-17(4)8-6-15(7-9-17)11-16-10-14(3)18-12-13(16)2/h6-8,10,12H,5,9,11H2,1-4H3. The van der Waals surface area contributed by atoms with Crippen LogP contribution in [-0.4, -0.2) is 4.98 Å². The molecule has 0 saturated carbocycles. The van der Waals surface area contributed by atoms with Crippen LogP contribution >= 0.6 is 0 Å². The minimum absolute atomic E-state index is 0.368. The third-order valence-electron chi connectivity index (χ3n) is 4.08. The lowest BCUT2D eigenvalue weighted by molar-refractivity contribution is 0.411. The highest BCUT2D eigenvalue weighted by molar-refractivity contribution is 5.35. The van der Waals surface area contributed by atoms with E-state index in [4.69, 9.17) is 0 Å². The summed E-state index contributed by atoms with van der Waals surface area (Å²) < 4.78 is 0. The van der Waals surface area contributed by atoms with Crippen LogP contribution in [0.5, 0.6) is 0 Å². The van der Waals surface area contributed by atoms with Crippen LogP contribution in [0.25, 0.3) is 0 Å². The zero-order valence-corrected chi connectivity index (χ0v) is 12.0. The van der Waals surface area contributed by atoms with Crippen LogP contribution in [0.4, 0.5) is 0 Å². The van der Waals surface area contributed by atoms with Gasteiger partial charge in [-0.1, -0.05) is 32.1 Å². The van der Waals surface area contributed by atoms with E-state index in [0.29, 0.717) is 5.41 Å². The Hall–Kier alpha value is -1.37. The average molecular weight is 241 g/mol. The summed E-state index contributed by atoms with van der Waals surface area (Å²) in [5, 5.41) is 0. The molecule has 0 aliphatic heterocycles. The number of pyridine rings is 1. The average Bonchev–Trinajstić information content (AvgIpc) is 2.37. The molecule has 0 bridgehead atoms. The normalized spacial score (nSPS) is 23.0. The molecule has 18 heavy (non-hydrogen) atoms. The van der Waals surface area contributed by atoms with E-state index in [1.807, 2.05) is 6.20 Å². The highest BCUT2D eigenvalue weighted by Gasteiger charge is 2.20. The topological polar surface area (TPSA) is 12.9 Å². The maximum absolute atomic E-state index is 4.33. The van der Waals surface area contributed by atoms with Crippen molar-refractivity contribution in [2.24, 2.45) is 5.41 Å². The Labute approximate surface area is 111 Å². The van der Waals surface area contributed by atoms with E-state index in [0.717, 1.165) is 12.1 Å². The van der Waals surface area contributed by atoms with E-state index < -0.39 is 0 Å². The zero-order valence-electron chi connectivity index (χ0n) is 12.0.